The number of nitriles is 1. The van der Waals surface area contributed by atoms with Gasteiger partial charge in [0, 0.05) is 31.6 Å². The van der Waals surface area contributed by atoms with Crippen LogP contribution in [0.25, 0.3) is 10.2 Å². The number of aryl methyl sites for hydroxylation is 1. The Morgan fingerprint density at radius 3 is 2.43 bits per heavy atom. The molecule has 0 saturated carbocycles. The fourth-order valence-corrected chi connectivity index (χ4v) is 4.61. The normalized spacial score (nSPS) is 17.1. The van der Waals surface area contributed by atoms with E-state index in [0.29, 0.717) is 42.0 Å². The predicted molar refractivity (Wildman–Crippen MR) is 101 cm³/mol. The molecular formula is C19H21F3N4OS. The average Bonchev–Trinajstić information content (AvgIpc) is 2.97. The maximum absolute atomic E-state index is 13.0. The van der Waals surface area contributed by atoms with Crippen LogP contribution in [0.5, 0.6) is 0 Å². The van der Waals surface area contributed by atoms with Gasteiger partial charge in [-0.25, -0.2) is 4.98 Å². The smallest absolute Gasteiger partial charge is 0.335 e. The first kappa shape index (κ1) is 20.6. The molecule has 0 spiro atoms. The minimum absolute atomic E-state index is 0.187. The molecular weight excluding hydrogens is 389 g/mol. The number of carbonyl (C=O) groups is 1. The SMILES string of the molecule is Cc1c(C(=O)N2CCN(C(C#N)C(C)C)CC2)sc2nc(C(F)(F)F)ccc12. The van der Waals surface area contributed by atoms with Gasteiger partial charge in [-0.3, -0.25) is 9.69 Å². The molecule has 28 heavy (non-hydrogen) atoms. The summed E-state index contributed by atoms with van der Waals surface area (Å²) in [6, 6.07) is 4.46. The van der Waals surface area contributed by atoms with Crippen molar-refractivity contribution in [2.45, 2.75) is 33.0 Å². The highest BCUT2D eigenvalue weighted by Crippen LogP contribution is 2.34. The lowest BCUT2D eigenvalue weighted by Crippen LogP contribution is -2.52. The number of aromatic nitrogens is 1. The number of pyridine rings is 1. The van der Waals surface area contributed by atoms with Gasteiger partial charge in [0.2, 0.25) is 0 Å². The van der Waals surface area contributed by atoms with E-state index < -0.39 is 11.9 Å². The van der Waals surface area contributed by atoms with E-state index in [1.165, 1.54) is 6.07 Å². The lowest BCUT2D eigenvalue weighted by atomic mass is 10.0. The van der Waals surface area contributed by atoms with Gasteiger partial charge < -0.3 is 4.90 Å². The highest BCUT2D eigenvalue weighted by molar-refractivity contribution is 7.20. The second-order valence-corrected chi connectivity index (χ2v) is 8.25. The number of hydrogen-bond donors (Lipinski definition) is 0. The summed E-state index contributed by atoms with van der Waals surface area (Å²) in [5.41, 5.74) is -0.296. The van der Waals surface area contributed by atoms with Crippen molar-refractivity contribution in [2.75, 3.05) is 26.2 Å². The van der Waals surface area contributed by atoms with E-state index in [1.54, 1.807) is 11.8 Å². The summed E-state index contributed by atoms with van der Waals surface area (Å²) in [4.78, 5) is 21.1. The van der Waals surface area contributed by atoms with Crippen molar-refractivity contribution in [3.8, 4) is 6.07 Å². The van der Waals surface area contributed by atoms with Crippen LogP contribution in [0.15, 0.2) is 12.1 Å². The Balaban J connectivity index is 1.79. The van der Waals surface area contributed by atoms with Crippen LogP contribution in [0.2, 0.25) is 0 Å². The average molecular weight is 410 g/mol. The molecule has 0 N–H and O–H groups in total. The highest BCUT2D eigenvalue weighted by atomic mass is 32.1. The number of fused-ring (bicyclic) bond motifs is 1. The van der Waals surface area contributed by atoms with Crippen molar-refractivity contribution in [1.29, 1.82) is 5.26 Å². The third-order valence-electron chi connectivity index (χ3n) is 5.05. The van der Waals surface area contributed by atoms with Gasteiger partial charge in [0.05, 0.1) is 10.9 Å². The molecule has 1 atom stereocenters. The summed E-state index contributed by atoms with van der Waals surface area (Å²) in [6.07, 6.45) is -4.51. The molecule has 1 unspecified atom stereocenters. The molecule has 0 radical (unpaired) electrons. The molecule has 1 aliphatic rings. The Hall–Kier alpha value is -2.18. The van der Waals surface area contributed by atoms with Gasteiger partial charge in [0.1, 0.15) is 16.6 Å². The molecule has 2 aromatic heterocycles. The van der Waals surface area contributed by atoms with E-state index in [-0.39, 0.29) is 22.7 Å². The van der Waals surface area contributed by atoms with Crippen LogP contribution in [-0.2, 0) is 6.18 Å². The minimum atomic E-state index is -4.51. The van der Waals surface area contributed by atoms with Crippen LogP contribution < -0.4 is 0 Å². The summed E-state index contributed by atoms with van der Waals surface area (Å²) in [5.74, 6) is 0.0118. The number of halogens is 3. The molecule has 3 rings (SSSR count). The molecule has 0 aliphatic carbocycles. The summed E-state index contributed by atoms with van der Waals surface area (Å²) in [7, 11) is 0. The number of carbonyl (C=O) groups excluding carboxylic acids is 1. The van der Waals surface area contributed by atoms with Gasteiger partial charge in [-0.15, -0.1) is 11.3 Å². The monoisotopic (exact) mass is 410 g/mol. The van der Waals surface area contributed by atoms with Crippen LogP contribution in [-0.4, -0.2) is 52.9 Å². The van der Waals surface area contributed by atoms with E-state index in [9.17, 15) is 23.2 Å². The Morgan fingerprint density at radius 1 is 1.25 bits per heavy atom. The number of nitrogens with zero attached hydrogens (tertiary/aromatic N) is 4. The topological polar surface area (TPSA) is 60.2 Å². The predicted octanol–water partition coefficient (Wildman–Crippen LogP) is 3.93. The number of alkyl halides is 3. The molecule has 1 aliphatic heterocycles. The number of piperazine rings is 1. The van der Waals surface area contributed by atoms with Crippen molar-refractivity contribution in [3.63, 3.8) is 0 Å². The number of rotatable bonds is 3. The fraction of sp³-hybridized carbons (Fsp3) is 0.526. The van der Waals surface area contributed by atoms with Gasteiger partial charge >= 0.3 is 6.18 Å². The van der Waals surface area contributed by atoms with Gasteiger partial charge in [-0.1, -0.05) is 13.8 Å². The van der Waals surface area contributed by atoms with Gasteiger partial charge in [-0.2, -0.15) is 18.4 Å². The first-order valence-corrected chi connectivity index (χ1v) is 9.85. The largest absolute Gasteiger partial charge is 0.433 e. The standard InChI is InChI=1S/C19H21F3N4OS/c1-11(2)14(10-23)25-6-8-26(9-7-25)18(27)16-12(3)13-4-5-15(19(20,21)22)24-17(13)28-16/h4-5,11,14H,6-9H2,1-3H3. The van der Waals surface area contributed by atoms with E-state index >= 15 is 0 Å². The van der Waals surface area contributed by atoms with E-state index in [4.69, 9.17) is 0 Å². The van der Waals surface area contributed by atoms with Gasteiger partial charge in [-0.05, 0) is 30.5 Å². The first-order chi connectivity index (χ1) is 13.1. The summed E-state index contributed by atoms with van der Waals surface area (Å²) < 4.78 is 38.7. The molecule has 9 heteroatoms. The van der Waals surface area contributed by atoms with Crippen molar-refractivity contribution in [2.24, 2.45) is 5.92 Å². The second kappa shape index (κ2) is 7.68. The third kappa shape index (κ3) is 3.84. The Labute approximate surface area is 165 Å². The number of hydrogen-bond acceptors (Lipinski definition) is 5. The molecule has 5 nitrogen and oxygen atoms in total. The van der Waals surface area contributed by atoms with Crippen molar-refractivity contribution in [3.05, 3.63) is 28.3 Å². The fourth-order valence-electron chi connectivity index (χ4n) is 3.46. The van der Waals surface area contributed by atoms with Crippen LogP contribution in [0.4, 0.5) is 13.2 Å². The Morgan fingerprint density at radius 2 is 1.89 bits per heavy atom. The highest BCUT2D eigenvalue weighted by Gasteiger charge is 2.34. The molecule has 1 amide bonds. The zero-order valence-electron chi connectivity index (χ0n) is 15.9. The summed E-state index contributed by atoms with van der Waals surface area (Å²) >= 11 is 1.00. The summed E-state index contributed by atoms with van der Waals surface area (Å²) in [5, 5.41) is 9.91. The van der Waals surface area contributed by atoms with E-state index in [2.05, 4.69) is 16.0 Å². The maximum Gasteiger partial charge on any atom is 0.433 e. The Bertz CT molecular complexity index is 924. The number of thiophene rings is 1. The van der Waals surface area contributed by atoms with E-state index in [1.807, 2.05) is 13.8 Å². The lowest BCUT2D eigenvalue weighted by Gasteiger charge is -2.38. The maximum atomic E-state index is 13.0. The van der Waals surface area contributed by atoms with E-state index in [0.717, 1.165) is 17.4 Å². The van der Waals surface area contributed by atoms with Gasteiger partial charge in [0.15, 0.2) is 0 Å². The quantitative estimate of drug-likeness (QED) is 0.769. The first-order valence-electron chi connectivity index (χ1n) is 9.03. The molecule has 1 saturated heterocycles. The minimum Gasteiger partial charge on any atom is -0.335 e. The summed E-state index contributed by atoms with van der Waals surface area (Å²) in [6.45, 7) is 7.90. The molecule has 0 bridgehead atoms. The Kier molecular flexibility index (Phi) is 5.64. The van der Waals surface area contributed by atoms with Crippen molar-refractivity contribution >= 4 is 27.5 Å². The molecule has 150 valence electrons. The van der Waals surface area contributed by atoms with Crippen LogP contribution in [0.1, 0.15) is 34.8 Å². The lowest BCUT2D eigenvalue weighted by molar-refractivity contribution is -0.140. The third-order valence-corrected chi connectivity index (χ3v) is 6.24. The second-order valence-electron chi connectivity index (χ2n) is 7.25. The van der Waals surface area contributed by atoms with Crippen LogP contribution in [0, 0.1) is 24.2 Å². The number of amides is 1. The zero-order valence-corrected chi connectivity index (χ0v) is 16.7. The zero-order chi connectivity index (χ0) is 20.6. The van der Waals surface area contributed by atoms with Gasteiger partial charge in [0.25, 0.3) is 5.91 Å². The van der Waals surface area contributed by atoms with Crippen LogP contribution in [0.3, 0.4) is 0 Å². The molecule has 1 fully saturated rings. The van der Waals surface area contributed by atoms with Crippen molar-refractivity contribution < 1.29 is 18.0 Å². The molecule has 0 aromatic carbocycles. The van der Waals surface area contributed by atoms with Crippen molar-refractivity contribution in [1.82, 2.24) is 14.8 Å². The molecule has 3 heterocycles. The molecule has 2 aromatic rings. The van der Waals surface area contributed by atoms with Crippen LogP contribution >= 0.6 is 11.3 Å².